The number of pyridine rings is 1. The molecule has 1 unspecified atom stereocenters. The summed E-state index contributed by atoms with van der Waals surface area (Å²) in [7, 11) is 1.91. The molecule has 178 valence electrons. The van der Waals surface area contributed by atoms with E-state index in [1.807, 2.05) is 18.5 Å². The van der Waals surface area contributed by atoms with Crippen LogP contribution in [-0.2, 0) is 18.6 Å². The van der Waals surface area contributed by atoms with Crippen molar-refractivity contribution in [2.24, 2.45) is 13.0 Å². The van der Waals surface area contributed by atoms with E-state index in [1.54, 1.807) is 17.8 Å². The molecule has 3 aromatic heterocycles. The second-order valence-electron chi connectivity index (χ2n) is 8.56. The van der Waals surface area contributed by atoms with Gasteiger partial charge in [-0.3, -0.25) is 4.98 Å². The number of halogens is 4. The van der Waals surface area contributed by atoms with Crippen molar-refractivity contribution >= 4 is 24.2 Å². The minimum atomic E-state index is -4.34. The summed E-state index contributed by atoms with van der Waals surface area (Å²) in [6.07, 6.45) is 0.0213. The van der Waals surface area contributed by atoms with Crippen molar-refractivity contribution in [2.45, 2.75) is 36.5 Å². The van der Waals surface area contributed by atoms with Gasteiger partial charge in [-0.05, 0) is 44.4 Å². The fourth-order valence-corrected chi connectivity index (χ4v) is 5.45. The molecule has 0 radical (unpaired) electrons. The third-order valence-corrected chi connectivity index (χ3v) is 7.56. The highest BCUT2D eigenvalue weighted by Crippen LogP contribution is 2.58. The van der Waals surface area contributed by atoms with Crippen LogP contribution >= 0.6 is 24.2 Å². The minimum absolute atomic E-state index is 0. The van der Waals surface area contributed by atoms with Gasteiger partial charge in [0.05, 0.1) is 11.3 Å². The van der Waals surface area contributed by atoms with Gasteiger partial charge < -0.3 is 13.9 Å². The van der Waals surface area contributed by atoms with Gasteiger partial charge in [0.25, 0.3) is 0 Å². The number of thioether (sulfide) groups is 1. The lowest BCUT2D eigenvalue weighted by Crippen LogP contribution is -2.28. The number of rotatable bonds is 7. The standard InChI is InChI=1S/C21H23F3N6OS.ClH/c1-13-17(31-12-26-13)18-27-28-19(29(18)2)32-7-3-6-30-10-15-8-20(15,11-30)16-5-4-14(9-25-16)21(22,23)24;/h4-5,9,12,15H,3,6-8,10-11H2,1-2H3;1H/t15-,20?;/m1./s1. The summed E-state index contributed by atoms with van der Waals surface area (Å²) in [4.78, 5) is 10.7. The maximum absolute atomic E-state index is 12.8. The van der Waals surface area contributed by atoms with E-state index in [0.29, 0.717) is 17.5 Å². The van der Waals surface area contributed by atoms with Crippen molar-refractivity contribution in [2.75, 3.05) is 25.4 Å². The predicted octanol–water partition coefficient (Wildman–Crippen LogP) is 4.37. The molecule has 1 saturated carbocycles. The molecule has 3 aromatic rings. The molecule has 2 aliphatic rings. The fraction of sp³-hybridized carbons (Fsp3) is 0.524. The van der Waals surface area contributed by atoms with E-state index in [-0.39, 0.29) is 17.8 Å². The van der Waals surface area contributed by atoms with Gasteiger partial charge >= 0.3 is 6.18 Å². The van der Waals surface area contributed by atoms with Crippen LogP contribution in [0.5, 0.6) is 0 Å². The maximum Gasteiger partial charge on any atom is 0.417 e. The van der Waals surface area contributed by atoms with Crippen LogP contribution in [0.3, 0.4) is 0 Å². The van der Waals surface area contributed by atoms with Crippen molar-refractivity contribution in [1.29, 1.82) is 0 Å². The average Bonchev–Trinajstić information content (AvgIpc) is 3.05. The summed E-state index contributed by atoms with van der Waals surface area (Å²) < 4.78 is 45.7. The Morgan fingerprint density at radius 1 is 1.24 bits per heavy atom. The van der Waals surface area contributed by atoms with Crippen molar-refractivity contribution in [3.63, 3.8) is 0 Å². The van der Waals surface area contributed by atoms with Crippen molar-refractivity contribution < 1.29 is 17.6 Å². The molecule has 2 fully saturated rings. The van der Waals surface area contributed by atoms with E-state index in [0.717, 1.165) is 67.0 Å². The van der Waals surface area contributed by atoms with Crippen LogP contribution in [0.25, 0.3) is 11.6 Å². The fourth-order valence-electron chi connectivity index (χ4n) is 4.62. The Balaban J connectivity index is 0.00000259. The summed E-state index contributed by atoms with van der Waals surface area (Å²) in [5, 5.41) is 9.31. The normalized spacial score (nSPS) is 22.3. The van der Waals surface area contributed by atoms with Gasteiger partial charge in [0.15, 0.2) is 17.3 Å². The van der Waals surface area contributed by atoms with Crippen LogP contribution in [0.2, 0.25) is 0 Å². The zero-order chi connectivity index (χ0) is 22.5. The average molecular weight is 501 g/mol. The third kappa shape index (κ3) is 4.50. The van der Waals surface area contributed by atoms with Crippen LogP contribution in [0, 0.1) is 12.8 Å². The lowest BCUT2D eigenvalue weighted by Gasteiger charge is -2.20. The molecule has 7 nitrogen and oxygen atoms in total. The number of aromatic nitrogens is 5. The molecular formula is C21H24ClF3N6OS. The van der Waals surface area contributed by atoms with Gasteiger partial charge in [-0.1, -0.05) is 11.8 Å². The van der Waals surface area contributed by atoms with Crippen LogP contribution in [0.4, 0.5) is 13.2 Å². The van der Waals surface area contributed by atoms with E-state index in [4.69, 9.17) is 4.42 Å². The number of hydrogen-bond acceptors (Lipinski definition) is 7. The Hall–Kier alpha value is -2.11. The van der Waals surface area contributed by atoms with E-state index in [9.17, 15) is 13.2 Å². The number of oxazole rings is 1. The molecule has 0 amide bonds. The molecule has 1 saturated heterocycles. The Bertz CT molecular complexity index is 1120. The van der Waals surface area contributed by atoms with Crippen LogP contribution in [0.15, 0.2) is 34.3 Å². The zero-order valence-corrected chi connectivity index (χ0v) is 19.8. The highest BCUT2D eigenvalue weighted by molar-refractivity contribution is 7.99. The first-order chi connectivity index (χ1) is 15.3. The molecule has 1 aliphatic carbocycles. The molecule has 0 spiro atoms. The number of aryl methyl sites for hydroxylation is 1. The summed E-state index contributed by atoms with van der Waals surface area (Å²) in [6.45, 7) is 4.65. The van der Waals surface area contributed by atoms with Gasteiger partial charge in [0.1, 0.15) is 0 Å². The number of alkyl halides is 3. The Morgan fingerprint density at radius 2 is 2.06 bits per heavy atom. The van der Waals surface area contributed by atoms with Gasteiger partial charge in [-0.25, -0.2) is 4.98 Å². The summed E-state index contributed by atoms with van der Waals surface area (Å²) in [6, 6.07) is 2.71. The number of likely N-dealkylation sites (tertiary alicyclic amines) is 1. The first-order valence-electron chi connectivity index (χ1n) is 10.5. The van der Waals surface area contributed by atoms with E-state index in [1.165, 1.54) is 6.39 Å². The summed E-state index contributed by atoms with van der Waals surface area (Å²) in [5.74, 6) is 2.68. The number of fused-ring (bicyclic) bond motifs is 1. The Morgan fingerprint density at radius 3 is 2.73 bits per heavy atom. The van der Waals surface area contributed by atoms with Crippen LogP contribution in [-0.4, -0.2) is 55.0 Å². The number of piperidine rings is 1. The largest absolute Gasteiger partial charge is 0.440 e. The lowest BCUT2D eigenvalue weighted by atomic mass is 10.00. The third-order valence-electron chi connectivity index (χ3n) is 6.45. The summed E-state index contributed by atoms with van der Waals surface area (Å²) >= 11 is 1.65. The van der Waals surface area contributed by atoms with Crippen molar-refractivity contribution in [3.8, 4) is 11.6 Å². The number of nitrogens with zero attached hydrogens (tertiary/aromatic N) is 6. The van der Waals surface area contributed by atoms with E-state index in [2.05, 4.69) is 25.1 Å². The molecule has 33 heavy (non-hydrogen) atoms. The quantitative estimate of drug-likeness (QED) is 0.352. The molecular weight excluding hydrogens is 477 g/mol. The van der Waals surface area contributed by atoms with Gasteiger partial charge in [0, 0.05) is 43.2 Å². The first kappa shape index (κ1) is 24.0. The summed E-state index contributed by atoms with van der Waals surface area (Å²) in [5.41, 5.74) is 0.819. The molecule has 0 bridgehead atoms. The van der Waals surface area contributed by atoms with E-state index >= 15 is 0 Å². The molecule has 5 rings (SSSR count). The molecule has 4 heterocycles. The first-order valence-corrected chi connectivity index (χ1v) is 11.5. The highest BCUT2D eigenvalue weighted by atomic mass is 35.5. The molecule has 0 aromatic carbocycles. The second-order valence-corrected chi connectivity index (χ2v) is 9.62. The smallest absolute Gasteiger partial charge is 0.417 e. The second kappa shape index (κ2) is 8.92. The monoisotopic (exact) mass is 500 g/mol. The Kier molecular flexibility index (Phi) is 6.49. The predicted molar refractivity (Wildman–Crippen MR) is 119 cm³/mol. The van der Waals surface area contributed by atoms with Crippen LogP contribution in [0.1, 0.15) is 29.8 Å². The van der Waals surface area contributed by atoms with Crippen LogP contribution < -0.4 is 0 Å². The zero-order valence-electron chi connectivity index (χ0n) is 18.2. The van der Waals surface area contributed by atoms with Gasteiger partial charge in [-0.15, -0.1) is 22.6 Å². The SMILES string of the molecule is Cc1ncoc1-c1nnc(SCCCN2C[C@H]3CC3(c3ccc(C(F)(F)F)cn3)C2)n1C.Cl. The number of hydrogen-bond donors (Lipinski definition) is 0. The van der Waals surface area contributed by atoms with Crippen molar-refractivity contribution in [1.82, 2.24) is 29.6 Å². The molecule has 0 N–H and O–H groups in total. The Labute approximate surface area is 199 Å². The highest BCUT2D eigenvalue weighted by Gasteiger charge is 2.61. The van der Waals surface area contributed by atoms with E-state index < -0.39 is 11.7 Å². The molecule has 2 atom stereocenters. The molecule has 1 aliphatic heterocycles. The lowest BCUT2D eigenvalue weighted by molar-refractivity contribution is -0.137. The van der Waals surface area contributed by atoms with Gasteiger partial charge in [0.2, 0.25) is 5.82 Å². The van der Waals surface area contributed by atoms with Gasteiger partial charge in [-0.2, -0.15) is 13.2 Å². The van der Waals surface area contributed by atoms with Crippen molar-refractivity contribution in [3.05, 3.63) is 41.7 Å². The molecule has 12 heteroatoms. The minimum Gasteiger partial charge on any atom is -0.440 e. The topological polar surface area (TPSA) is 72.9 Å². The maximum atomic E-state index is 12.8.